The number of nitrogens with zero attached hydrogens (tertiary/aromatic N) is 1. The van der Waals surface area contributed by atoms with Crippen LogP contribution in [0.4, 0.5) is 5.69 Å². The molecule has 0 aromatic heterocycles. The quantitative estimate of drug-likeness (QED) is 0.904. The van der Waals surface area contributed by atoms with Crippen molar-refractivity contribution >= 4 is 5.69 Å². The van der Waals surface area contributed by atoms with E-state index in [9.17, 15) is 0 Å². The lowest BCUT2D eigenvalue weighted by Gasteiger charge is -2.28. The van der Waals surface area contributed by atoms with Gasteiger partial charge in [-0.1, -0.05) is 6.07 Å². The molecule has 1 unspecified atom stereocenters. The first-order valence-electron chi connectivity index (χ1n) is 7.36. The van der Waals surface area contributed by atoms with Crippen LogP contribution in [0.25, 0.3) is 0 Å². The predicted molar refractivity (Wildman–Crippen MR) is 79.0 cm³/mol. The van der Waals surface area contributed by atoms with Gasteiger partial charge in [0.25, 0.3) is 0 Å². The highest BCUT2D eigenvalue weighted by molar-refractivity contribution is 5.61. The van der Waals surface area contributed by atoms with Gasteiger partial charge in [-0.2, -0.15) is 0 Å². The second-order valence-corrected chi connectivity index (χ2v) is 6.33. The number of nitrogens with one attached hydrogen (secondary N) is 1. The summed E-state index contributed by atoms with van der Waals surface area (Å²) >= 11 is 0. The smallest absolute Gasteiger partial charge is 0.125 e. The monoisotopic (exact) mass is 260 g/mol. The Morgan fingerprint density at radius 2 is 2.21 bits per heavy atom. The number of rotatable bonds is 3. The van der Waals surface area contributed by atoms with E-state index in [1.54, 1.807) is 0 Å². The van der Waals surface area contributed by atoms with Crippen molar-refractivity contribution in [2.24, 2.45) is 0 Å². The zero-order chi connectivity index (χ0) is 13.5. The molecule has 1 atom stereocenters. The highest BCUT2D eigenvalue weighted by Gasteiger charge is 2.37. The number of benzene rings is 1. The summed E-state index contributed by atoms with van der Waals surface area (Å²) in [6.45, 7) is 9.97. The molecule has 2 aliphatic heterocycles. The van der Waals surface area contributed by atoms with Crippen LogP contribution in [-0.2, 0) is 6.42 Å². The van der Waals surface area contributed by atoms with Crippen molar-refractivity contribution in [2.45, 2.75) is 45.3 Å². The van der Waals surface area contributed by atoms with Crippen molar-refractivity contribution < 1.29 is 4.74 Å². The highest BCUT2D eigenvalue weighted by Crippen LogP contribution is 2.35. The average molecular weight is 260 g/mol. The molecule has 0 saturated carbocycles. The molecule has 0 aliphatic carbocycles. The molecule has 0 radical (unpaired) electrons. The maximum atomic E-state index is 6.40. The summed E-state index contributed by atoms with van der Waals surface area (Å²) < 4.78 is 6.40. The highest BCUT2D eigenvalue weighted by atomic mass is 16.5. The molecule has 19 heavy (non-hydrogen) atoms. The summed E-state index contributed by atoms with van der Waals surface area (Å²) in [5.41, 5.74) is 2.56. The SMILES string of the molecule is CC(C)N1CCC(C)(Oc2cccc3c2CCN3)C1. The van der Waals surface area contributed by atoms with Crippen molar-refractivity contribution in [3.05, 3.63) is 23.8 Å². The van der Waals surface area contributed by atoms with Gasteiger partial charge in [0.05, 0.1) is 0 Å². The van der Waals surface area contributed by atoms with E-state index in [-0.39, 0.29) is 5.60 Å². The fraction of sp³-hybridized carbons (Fsp3) is 0.625. The van der Waals surface area contributed by atoms with Crippen molar-refractivity contribution in [1.29, 1.82) is 0 Å². The Hall–Kier alpha value is -1.22. The van der Waals surface area contributed by atoms with Crippen molar-refractivity contribution in [3.8, 4) is 5.75 Å². The predicted octanol–water partition coefficient (Wildman–Crippen LogP) is 2.91. The van der Waals surface area contributed by atoms with Gasteiger partial charge in [0.15, 0.2) is 0 Å². The van der Waals surface area contributed by atoms with E-state index >= 15 is 0 Å². The van der Waals surface area contributed by atoms with E-state index in [4.69, 9.17) is 4.74 Å². The molecular formula is C16H24N2O. The summed E-state index contributed by atoms with van der Waals surface area (Å²) in [7, 11) is 0. The standard InChI is InChI=1S/C16H24N2O/c1-12(2)18-10-8-16(3,11-18)19-15-6-4-5-14-13(15)7-9-17-14/h4-6,12,17H,7-11H2,1-3H3. The molecule has 1 N–H and O–H groups in total. The van der Waals surface area contributed by atoms with Gasteiger partial charge in [0.2, 0.25) is 0 Å². The van der Waals surface area contributed by atoms with Gasteiger partial charge < -0.3 is 10.1 Å². The largest absolute Gasteiger partial charge is 0.486 e. The molecule has 1 fully saturated rings. The molecule has 3 nitrogen and oxygen atoms in total. The molecule has 0 amide bonds. The lowest BCUT2D eigenvalue weighted by Crippen LogP contribution is -2.38. The van der Waals surface area contributed by atoms with Gasteiger partial charge in [-0.05, 0) is 39.3 Å². The van der Waals surface area contributed by atoms with Crippen LogP contribution in [-0.4, -0.2) is 36.2 Å². The minimum atomic E-state index is -0.0397. The zero-order valence-corrected chi connectivity index (χ0v) is 12.2. The van der Waals surface area contributed by atoms with Gasteiger partial charge in [-0.3, -0.25) is 4.90 Å². The first-order valence-corrected chi connectivity index (χ1v) is 7.36. The fourth-order valence-electron chi connectivity index (χ4n) is 3.16. The summed E-state index contributed by atoms with van der Waals surface area (Å²) in [6, 6.07) is 6.96. The maximum Gasteiger partial charge on any atom is 0.125 e. The molecule has 1 aromatic carbocycles. The fourth-order valence-corrected chi connectivity index (χ4v) is 3.16. The molecule has 0 spiro atoms. The minimum Gasteiger partial charge on any atom is -0.486 e. The minimum absolute atomic E-state index is 0.0397. The first-order chi connectivity index (χ1) is 9.07. The van der Waals surface area contributed by atoms with Crippen LogP contribution < -0.4 is 10.1 Å². The summed E-state index contributed by atoms with van der Waals surface area (Å²) in [4.78, 5) is 2.50. The summed E-state index contributed by atoms with van der Waals surface area (Å²) in [6.07, 6.45) is 2.19. The number of hydrogen-bond donors (Lipinski definition) is 1. The van der Waals surface area contributed by atoms with Gasteiger partial charge in [0.1, 0.15) is 11.4 Å². The lowest BCUT2D eigenvalue weighted by molar-refractivity contribution is 0.0901. The number of ether oxygens (including phenoxy) is 1. The Kier molecular flexibility index (Phi) is 3.17. The molecule has 3 rings (SSSR count). The van der Waals surface area contributed by atoms with Crippen LogP contribution in [0.15, 0.2) is 18.2 Å². The molecule has 0 bridgehead atoms. The molecule has 104 valence electrons. The molecule has 2 heterocycles. The molecule has 1 saturated heterocycles. The Morgan fingerprint density at radius 1 is 1.37 bits per heavy atom. The average Bonchev–Trinajstić information content (AvgIpc) is 2.96. The Labute approximate surface area is 115 Å². The second kappa shape index (κ2) is 4.71. The van der Waals surface area contributed by atoms with Crippen LogP contribution in [0.1, 0.15) is 32.8 Å². The topological polar surface area (TPSA) is 24.5 Å². The normalized spacial score (nSPS) is 26.5. The van der Waals surface area contributed by atoms with Crippen molar-refractivity contribution in [1.82, 2.24) is 4.90 Å². The Morgan fingerprint density at radius 3 is 2.95 bits per heavy atom. The van der Waals surface area contributed by atoms with Crippen molar-refractivity contribution in [2.75, 3.05) is 25.0 Å². The first kappa shape index (κ1) is 12.8. The van der Waals surface area contributed by atoms with E-state index in [0.29, 0.717) is 6.04 Å². The summed E-state index contributed by atoms with van der Waals surface area (Å²) in [5.74, 6) is 1.08. The van der Waals surface area contributed by atoms with Gasteiger partial charge in [-0.25, -0.2) is 0 Å². The van der Waals surface area contributed by atoms with E-state index in [2.05, 4.69) is 49.2 Å². The van der Waals surface area contributed by atoms with E-state index < -0.39 is 0 Å². The molecular weight excluding hydrogens is 236 g/mol. The molecule has 3 heteroatoms. The van der Waals surface area contributed by atoms with Crippen LogP contribution in [0.2, 0.25) is 0 Å². The third-order valence-corrected chi connectivity index (χ3v) is 4.38. The van der Waals surface area contributed by atoms with Crippen LogP contribution in [0, 0.1) is 0 Å². The lowest BCUT2D eigenvalue weighted by atomic mass is 10.1. The van der Waals surface area contributed by atoms with E-state index in [0.717, 1.165) is 38.2 Å². The zero-order valence-electron chi connectivity index (χ0n) is 12.2. The van der Waals surface area contributed by atoms with E-state index in [1.807, 2.05) is 0 Å². The number of hydrogen-bond acceptors (Lipinski definition) is 3. The van der Waals surface area contributed by atoms with Gasteiger partial charge in [-0.15, -0.1) is 0 Å². The van der Waals surface area contributed by atoms with Gasteiger partial charge >= 0.3 is 0 Å². The molecule has 1 aromatic rings. The summed E-state index contributed by atoms with van der Waals surface area (Å²) in [5, 5.41) is 3.41. The molecule has 2 aliphatic rings. The number of anilines is 1. The van der Waals surface area contributed by atoms with Gasteiger partial charge in [0, 0.05) is 43.3 Å². The van der Waals surface area contributed by atoms with Crippen LogP contribution in [0.5, 0.6) is 5.75 Å². The second-order valence-electron chi connectivity index (χ2n) is 6.33. The maximum absolute atomic E-state index is 6.40. The number of likely N-dealkylation sites (tertiary alicyclic amines) is 1. The number of fused-ring (bicyclic) bond motifs is 1. The van der Waals surface area contributed by atoms with Crippen LogP contribution >= 0.6 is 0 Å². The van der Waals surface area contributed by atoms with Crippen LogP contribution in [0.3, 0.4) is 0 Å². The van der Waals surface area contributed by atoms with Crippen molar-refractivity contribution in [3.63, 3.8) is 0 Å². The third kappa shape index (κ3) is 2.44. The van der Waals surface area contributed by atoms with E-state index in [1.165, 1.54) is 11.3 Å². The Bertz CT molecular complexity index is 472. The third-order valence-electron chi connectivity index (χ3n) is 4.38. The Balaban J connectivity index is 1.77.